The Morgan fingerprint density at radius 3 is 1.53 bits per heavy atom. The maximum absolute atomic E-state index is 5.79. The molecule has 0 saturated heterocycles. The molecule has 92 valence electrons. The van der Waals surface area contributed by atoms with Gasteiger partial charge >= 0.3 is 8.80 Å². The fraction of sp³-hybridized carbons (Fsp3) is 1.00. The third-order valence-corrected chi connectivity index (χ3v) is 5.84. The first-order valence-electron chi connectivity index (χ1n) is 5.79. The normalized spacial score (nSPS) is 14.2. The average Bonchev–Trinajstić information content (AvgIpc) is 2.20. The quantitative estimate of drug-likeness (QED) is 0.616. The standard InChI is InChI=1S/C10H25NO3Si/c1-6-10(11-5)15(12-7-2,13-8-3)14-9-4/h10-11H,6-9H2,1-5H3. The monoisotopic (exact) mass is 235 g/mol. The Bertz CT molecular complexity index is 137. The summed E-state index contributed by atoms with van der Waals surface area (Å²) in [6.07, 6.45) is 0.947. The lowest BCUT2D eigenvalue weighted by Crippen LogP contribution is -2.61. The van der Waals surface area contributed by atoms with Crippen molar-refractivity contribution in [2.45, 2.75) is 39.8 Å². The van der Waals surface area contributed by atoms with Crippen molar-refractivity contribution in [1.29, 1.82) is 0 Å². The molecule has 0 aromatic carbocycles. The molecule has 0 radical (unpaired) electrons. The van der Waals surface area contributed by atoms with Crippen LogP contribution in [0.15, 0.2) is 0 Å². The van der Waals surface area contributed by atoms with Crippen molar-refractivity contribution in [3.05, 3.63) is 0 Å². The van der Waals surface area contributed by atoms with Gasteiger partial charge in [-0.3, -0.25) is 0 Å². The molecule has 0 saturated carbocycles. The zero-order chi connectivity index (χ0) is 11.7. The zero-order valence-electron chi connectivity index (χ0n) is 10.6. The van der Waals surface area contributed by atoms with Crippen molar-refractivity contribution >= 4 is 8.80 Å². The molecule has 0 aromatic rings. The van der Waals surface area contributed by atoms with Crippen LogP contribution in [-0.4, -0.2) is 41.3 Å². The van der Waals surface area contributed by atoms with Crippen LogP contribution in [-0.2, 0) is 13.3 Å². The smallest absolute Gasteiger partial charge is 0.373 e. The van der Waals surface area contributed by atoms with Crippen LogP contribution in [0.2, 0.25) is 0 Å². The molecule has 1 atom stereocenters. The third-order valence-electron chi connectivity index (χ3n) is 2.22. The Morgan fingerprint density at radius 2 is 1.33 bits per heavy atom. The Labute approximate surface area is 94.7 Å². The van der Waals surface area contributed by atoms with Crippen molar-refractivity contribution in [3.8, 4) is 0 Å². The van der Waals surface area contributed by atoms with E-state index in [2.05, 4.69) is 12.2 Å². The molecule has 0 rings (SSSR count). The van der Waals surface area contributed by atoms with Crippen LogP contribution in [0.4, 0.5) is 0 Å². The van der Waals surface area contributed by atoms with E-state index in [-0.39, 0.29) is 5.67 Å². The third kappa shape index (κ3) is 4.20. The van der Waals surface area contributed by atoms with Crippen molar-refractivity contribution in [3.63, 3.8) is 0 Å². The van der Waals surface area contributed by atoms with E-state index in [4.69, 9.17) is 13.3 Å². The summed E-state index contributed by atoms with van der Waals surface area (Å²) in [6.45, 7) is 9.92. The lowest BCUT2D eigenvalue weighted by Gasteiger charge is -2.34. The van der Waals surface area contributed by atoms with E-state index in [9.17, 15) is 0 Å². The largest absolute Gasteiger partial charge is 0.518 e. The molecule has 0 aliphatic rings. The minimum Gasteiger partial charge on any atom is -0.373 e. The highest BCUT2D eigenvalue weighted by Gasteiger charge is 2.47. The van der Waals surface area contributed by atoms with Crippen LogP contribution in [0.3, 0.4) is 0 Å². The van der Waals surface area contributed by atoms with E-state index < -0.39 is 8.80 Å². The van der Waals surface area contributed by atoms with E-state index in [1.165, 1.54) is 0 Å². The Morgan fingerprint density at radius 1 is 0.933 bits per heavy atom. The minimum atomic E-state index is -2.54. The van der Waals surface area contributed by atoms with E-state index in [1.807, 2.05) is 27.8 Å². The van der Waals surface area contributed by atoms with Gasteiger partial charge in [-0.2, -0.15) is 0 Å². The molecule has 4 nitrogen and oxygen atoms in total. The van der Waals surface area contributed by atoms with Crippen LogP contribution in [0.25, 0.3) is 0 Å². The number of hydrogen-bond donors (Lipinski definition) is 1. The molecular formula is C10H25NO3Si. The second kappa shape index (κ2) is 8.24. The first-order chi connectivity index (χ1) is 7.20. The summed E-state index contributed by atoms with van der Waals surface area (Å²) in [5, 5.41) is 3.23. The SMILES string of the molecule is CCO[Si](OCC)(OCC)C(CC)NC. The summed E-state index contributed by atoms with van der Waals surface area (Å²) in [5.41, 5.74) is 0.178. The Hall–Kier alpha value is 0.0569. The average molecular weight is 235 g/mol. The molecule has 1 unspecified atom stereocenters. The Balaban J connectivity index is 4.71. The van der Waals surface area contributed by atoms with Crippen molar-refractivity contribution < 1.29 is 13.3 Å². The first kappa shape index (κ1) is 15.1. The van der Waals surface area contributed by atoms with Gasteiger partial charge in [0, 0.05) is 19.8 Å². The molecule has 0 aromatic heterocycles. The highest BCUT2D eigenvalue weighted by molar-refractivity contribution is 6.62. The van der Waals surface area contributed by atoms with Crippen LogP contribution >= 0.6 is 0 Å². The van der Waals surface area contributed by atoms with E-state index in [0.717, 1.165) is 6.42 Å². The molecule has 0 bridgehead atoms. The highest BCUT2D eigenvalue weighted by atomic mass is 28.4. The number of rotatable bonds is 9. The van der Waals surface area contributed by atoms with Gasteiger partial charge in [-0.05, 0) is 34.2 Å². The molecule has 1 N–H and O–H groups in total. The van der Waals surface area contributed by atoms with E-state index in [0.29, 0.717) is 19.8 Å². The lowest BCUT2D eigenvalue weighted by atomic mass is 10.5. The van der Waals surface area contributed by atoms with Gasteiger partial charge in [-0.1, -0.05) is 6.92 Å². The van der Waals surface area contributed by atoms with Gasteiger partial charge in [-0.15, -0.1) is 0 Å². The maximum atomic E-state index is 5.79. The predicted molar refractivity (Wildman–Crippen MR) is 63.8 cm³/mol. The van der Waals surface area contributed by atoms with Gasteiger partial charge < -0.3 is 18.6 Å². The summed E-state index contributed by atoms with van der Waals surface area (Å²) >= 11 is 0. The number of nitrogens with one attached hydrogen (secondary N) is 1. The van der Waals surface area contributed by atoms with E-state index in [1.54, 1.807) is 0 Å². The lowest BCUT2D eigenvalue weighted by molar-refractivity contribution is 0.0583. The molecule has 0 spiro atoms. The van der Waals surface area contributed by atoms with Crippen LogP contribution < -0.4 is 5.32 Å². The van der Waals surface area contributed by atoms with Gasteiger partial charge in [0.05, 0.1) is 5.67 Å². The molecule has 15 heavy (non-hydrogen) atoms. The van der Waals surface area contributed by atoms with Gasteiger partial charge in [0.25, 0.3) is 0 Å². The van der Waals surface area contributed by atoms with Gasteiger partial charge in [0.15, 0.2) is 0 Å². The van der Waals surface area contributed by atoms with Crippen molar-refractivity contribution in [2.24, 2.45) is 0 Å². The Kier molecular flexibility index (Phi) is 8.27. The molecule has 5 heteroatoms. The summed E-state index contributed by atoms with van der Waals surface area (Å²) in [5.74, 6) is 0. The second-order valence-corrected chi connectivity index (χ2v) is 5.92. The van der Waals surface area contributed by atoms with Gasteiger partial charge in [0.2, 0.25) is 0 Å². The van der Waals surface area contributed by atoms with Crippen LogP contribution in [0, 0.1) is 0 Å². The summed E-state index contributed by atoms with van der Waals surface area (Å²) < 4.78 is 17.4. The zero-order valence-corrected chi connectivity index (χ0v) is 11.6. The van der Waals surface area contributed by atoms with Crippen molar-refractivity contribution in [2.75, 3.05) is 26.9 Å². The predicted octanol–water partition coefficient (Wildman–Crippen LogP) is 1.57. The van der Waals surface area contributed by atoms with Gasteiger partial charge in [0.1, 0.15) is 0 Å². The van der Waals surface area contributed by atoms with Crippen LogP contribution in [0.1, 0.15) is 34.1 Å². The molecule has 0 heterocycles. The molecule has 0 fully saturated rings. The summed E-state index contributed by atoms with van der Waals surface area (Å²) in [6, 6.07) is 0. The first-order valence-corrected chi connectivity index (χ1v) is 7.59. The topological polar surface area (TPSA) is 39.7 Å². The fourth-order valence-corrected chi connectivity index (χ4v) is 4.58. The molecule has 0 aliphatic carbocycles. The van der Waals surface area contributed by atoms with Crippen LogP contribution in [0.5, 0.6) is 0 Å². The van der Waals surface area contributed by atoms with E-state index >= 15 is 0 Å². The minimum absolute atomic E-state index is 0.178. The molecule has 0 amide bonds. The molecular weight excluding hydrogens is 210 g/mol. The summed E-state index contributed by atoms with van der Waals surface area (Å²) in [7, 11) is -0.612. The second-order valence-electron chi connectivity index (χ2n) is 3.15. The number of hydrogen-bond acceptors (Lipinski definition) is 4. The van der Waals surface area contributed by atoms with Crippen molar-refractivity contribution in [1.82, 2.24) is 5.32 Å². The fourth-order valence-electron chi connectivity index (χ4n) is 1.66. The highest BCUT2D eigenvalue weighted by Crippen LogP contribution is 2.17. The molecule has 0 aliphatic heterocycles. The maximum Gasteiger partial charge on any atom is 0.518 e. The van der Waals surface area contributed by atoms with Gasteiger partial charge in [-0.25, -0.2) is 0 Å². The summed E-state index contributed by atoms with van der Waals surface area (Å²) in [4.78, 5) is 0.